The summed E-state index contributed by atoms with van der Waals surface area (Å²) in [6.07, 6.45) is 5.09. The molecule has 1 amide bonds. The molecular weight excluding hydrogens is 294 g/mol. The lowest BCUT2D eigenvalue weighted by Crippen LogP contribution is -2.41. The predicted octanol–water partition coefficient (Wildman–Crippen LogP) is 2.11. The SMILES string of the molecule is COc1ccccc1OC1CCN(C(=O)c2cn(C)cn2)CC1. The Morgan fingerprint density at radius 1 is 1.22 bits per heavy atom. The number of imidazole rings is 1. The van der Waals surface area contributed by atoms with Crippen molar-refractivity contribution in [2.24, 2.45) is 7.05 Å². The Balaban J connectivity index is 1.57. The van der Waals surface area contributed by atoms with Crippen molar-refractivity contribution in [3.63, 3.8) is 0 Å². The lowest BCUT2D eigenvalue weighted by Gasteiger charge is -2.32. The summed E-state index contributed by atoms with van der Waals surface area (Å²) >= 11 is 0. The van der Waals surface area contributed by atoms with Crippen LogP contribution in [0.1, 0.15) is 23.3 Å². The van der Waals surface area contributed by atoms with Crippen LogP contribution in [0.25, 0.3) is 0 Å². The first-order valence-corrected chi connectivity index (χ1v) is 7.74. The fourth-order valence-corrected chi connectivity index (χ4v) is 2.76. The maximum atomic E-state index is 12.4. The Kier molecular flexibility index (Phi) is 4.50. The van der Waals surface area contributed by atoms with Gasteiger partial charge in [-0.15, -0.1) is 0 Å². The second kappa shape index (κ2) is 6.73. The number of piperidine rings is 1. The molecule has 1 aliphatic heterocycles. The van der Waals surface area contributed by atoms with E-state index in [9.17, 15) is 4.79 Å². The van der Waals surface area contributed by atoms with Crippen molar-refractivity contribution in [2.45, 2.75) is 18.9 Å². The van der Waals surface area contributed by atoms with Gasteiger partial charge in [-0.05, 0) is 12.1 Å². The predicted molar refractivity (Wildman–Crippen MR) is 85.8 cm³/mol. The molecule has 2 heterocycles. The zero-order valence-electron chi connectivity index (χ0n) is 13.4. The summed E-state index contributed by atoms with van der Waals surface area (Å²) in [5, 5.41) is 0. The van der Waals surface area contributed by atoms with Crippen molar-refractivity contribution in [3.05, 3.63) is 42.5 Å². The number of carbonyl (C=O) groups excluding carboxylic acids is 1. The van der Waals surface area contributed by atoms with Gasteiger partial charge in [0.25, 0.3) is 5.91 Å². The number of benzene rings is 1. The van der Waals surface area contributed by atoms with Gasteiger partial charge in [0.05, 0.1) is 13.4 Å². The van der Waals surface area contributed by atoms with E-state index in [0.717, 1.165) is 24.3 Å². The van der Waals surface area contributed by atoms with E-state index in [1.807, 2.05) is 36.2 Å². The van der Waals surface area contributed by atoms with Gasteiger partial charge in [0, 0.05) is 39.2 Å². The number of amides is 1. The second-order valence-electron chi connectivity index (χ2n) is 5.68. The number of hydrogen-bond donors (Lipinski definition) is 0. The van der Waals surface area contributed by atoms with Gasteiger partial charge in [0.1, 0.15) is 11.8 Å². The fourth-order valence-electron chi connectivity index (χ4n) is 2.76. The third-order valence-electron chi connectivity index (χ3n) is 4.02. The number of hydrogen-bond acceptors (Lipinski definition) is 4. The number of aromatic nitrogens is 2. The van der Waals surface area contributed by atoms with Gasteiger partial charge in [-0.25, -0.2) is 4.98 Å². The summed E-state index contributed by atoms with van der Waals surface area (Å²) < 4.78 is 13.1. The van der Waals surface area contributed by atoms with Crippen LogP contribution >= 0.6 is 0 Å². The van der Waals surface area contributed by atoms with Crippen LogP contribution in [0.15, 0.2) is 36.8 Å². The molecule has 2 aromatic rings. The molecule has 1 saturated heterocycles. The summed E-state index contributed by atoms with van der Waals surface area (Å²) in [4.78, 5) is 18.3. The largest absolute Gasteiger partial charge is 0.493 e. The Hall–Kier alpha value is -2.50. The molecular formula is C17H21N3O3. The van der Waals surface area contributed by atoms with Crippen molar-refractivity contribution in [2.75, 3.05) is 20.2 Å². The highest BCUT2D eigenvalue weighted by Gasteiger charge is 2.26. The lowest BCUT2D eigenvalue weighted by molar-refractivity contribution is 0.0585. The first-order chi connectivity index (χ1) is 11.2. The maximum absolute atomic E-state index is 12.4. The lowest BCUT2D eigenvalue weighted by atomic mass is 10.1. The van der Waals surface area contributed by atoms with Gasteiger partial charge in [0.2, 0.25) is 0 Å². The number of methoxy groups -OCH3 is 1. The molecule has 1 aliphatic rings. The molecule has 1 fully saturated rings. The maximum Gasteiger partial charge on any atom is 0.274 e. The minimum atomic E-state index is -0.0126. The van der Waals surface area contributed by atoms with E-state index >= 15 is 0 Å². The van der Waals surface area contributed by atoms with E-state index in [1.54, 1.807) is 24.2 Å². The zero-order chi connectivity index (χ0) is 16.2. The normalized spacial score (nSPS) is 15.5. The van der Waals surface area contributed by atoms with Crippen LogP contribution in [0.5, 0.6) is 11.5 Å². The second-order valence-corrected chi connectivity index (χ2v) is 5.68. The summed E-state index contributed by atoms with van der Waals surface area (Å²) in [6.45, 7) is 1.35. The molecule has 6 nitrogen and oxygen atoms in total. The molecule has 122 valence electrons. The first-order valence-electron chi connectivity index (χ1n) is 7.74. The van der Waals surface area contributed by atoms with Crippen LogP contribution < -0.4 is 9.47 Å². The molecule has 0 bridgehead atoms. The van der Waals surface area contributed by atoms with Gasteiger partial charge in [-0.1, -0.05) is 12.1 Å². The van der Waals surface area contributed by atoms with E-state index in [2.05, 4.69) is 4.98 Å². The monoisotopic (exact) mass is 315 g/mol. The molecule has 0 radical (unpaired) electrons. The van der Waals surface area contributed by atoms with E-state index in [1.165, 1.54) is 0 Å². The quantitative estimate of drug-likeness (QED) is 0.867. The third-order valence-corrected chi connectivity index (χ3v) is 4.02. The zero-order valence-corrected chi connectivity index (χ0v) is 13.4. The van der Waals surface area contributed by atoms with Crippen LogP contribution in [-0.2, 0) is 7.05 Å². The van der Waals surface area contributed by atoms with E-state index in [0.29, 0.717) is 18.8 Å². The molecule has 0 aliphatic carbocycles. The number of carbonyl (C=O) groups is 1. The van der Waals surface area contributed by atoms with Gasteiger partial charge in [-0.3, -0.25) is 4.79 Å². The standard InChI is InChI=1S/C17H21N3O3/c1-19-11-14(18-12-19)17(21)20-9-7-13(8-10-20)23-16-6-4-3-5-15(16)22-2/h3-6,11-13H,7-10H2,1-2H3. The Labute approximate surface area is 135 Å². The number of ether oxygens (including phenoxy) is 2. The molecule has 3 rings (SSSR count). The first kappa shape index (κ1) is 15.4. The number of nitrogens with zero attached hydrogens (tertiary/aromatic N) is 3. The number of likely N-dealkylation sites (tertiary alicyclic amines) is 1. The van der Waals surface area contributed by atoms with Crippen molar-refractivity contribution in [3.8, 4) is 11.5 Å². The van der Waals surface area contributed by atoms with Crippen LogP contribution in [0, 0.1) is 0 Å². The summed E-state index contributed by atoms with van der Waals surface area (Å²) in [5.74, 6) is 1.48. The van der Waals surface area contributed by atoms with Crippen molar-refractivity contribution in [1.82, 2.24) is 14.5 Å². The van der Waals surface area contributed by atoms with Crippen LogP contribution in [-0.4, -0.2) is 46.7 Å². The minimum absolute atomic E-state index is 0.0126. The average molecular weight is 315 g/mol. The van der Waals surface area contributed by atoms with E-state index < -0.39 is 0 Å². The third kappa shape index (κ3) is 3.47. The molecule has 0 N–H and O–H groups in total. The van der Waals surface area contributed by atoms with E-state index in [-0.39, 0.29) is 12.0 Å². The van der Waals surface area contributed by atoms with Crippen molar-refractivity contribution < 1.29 is 14.3 Å². The van der Waals surface area contributed by atoms with Crippen molar-refractivity contribution >= 4 is 5.91 Å². The average Bonchev–Trinajstić information content (AvgIpc) is 3.02. The van der Waals surface area contributed by atoms with Crippen LogP contribution in [0.4, 0.5) is 0 Å². The topological polar surface area (TPSA) is 56.6 Å². The van der Waals surface area contributed by atoms with E-state index in [4.69, 9.17) is 9.47 Å². The Bertz CT molecular complexity index is 675. The van der Waals surface area contributed by atoms with Gasteiger partial charge < -0.3 is 18.9 Å². The summed E-state index contributed by atoms with van der Waals surface area (Å²) in [7, 11) is 3.49. The van der Waals surface area contributed by atoms with Crippen LogP contribution in [0.3, 0.4) is 0 Å². The van der Waals surface area contributed by atoms with Crippen molar-refractivity contribution in [1.29, 1.82) is 0 Å². The van der Waals surface area contributed by atoms with Gasteiger partial charge in [0.15, 0.2) is 11.5 Å². The number of para-hydroxylation sites is 2. The minimum Gasteiger partial charge on any atom is -0.493 e. The van der Waals surface area contributed by atoms with Gasteiger partial charge >= 0.3 is 0 Å². The number of rotatable bonds is 4. The highest BCUT2D eigenvalue weighted by Crippen LogP contribution is 2.29. The molecule has 0 unspecified atom stereocenters. The highest BCUT2D eigenvalue weighted by atomic mass is 16.5. The van der Waals surface area contributed by atoms with Crippen LogP contribution in [0.2, 0.25) is 0 Å². The molecule has 1 aromatic carbocycles. The molecule has 23 heavy (non-hydrogen) atoms. The molecule has 1 aromatic heterocycles. The molecule has 0 saturated carbocycles. The smallest absolute Gasteiger partial charge is 0.274 e. The Morgan fingerprint density at radius 2 is 1.91 bits per heavy atom. The molecule has 0 spiro atoms. The summed E-state index contributed by atoms with van der Waals surface area (Å²) in [5.41, 5.74) is 0.497. The highest BCUT2D eigenvalue weighted by molar-refractivity contribution is 5.92. The van der Waals surface area contributed by atoms with Gasteiger partial charge in [-0.2, -0.15) is 0 Å². The fraction of sp³-hybridized carbons (Fsp3) is 0.412. The summed E-state index contributed by atoms with van der Waals surface area (Å²) in [6, 6.07) is 7.64. The molecule has 0 atom stereocenters. The molecule has 6 heteroatoms. The Morgan fingerprint density at radius 3 is 2.52 bits per heavy atom. The number of aryl methyl sites for hydroxylation is 1.